The summed E-state index contributed by atoms with van der Waals surface area (Å²) >= 11 is 0. The van der Waals surface area contributed by atoms with Crippen LogP contribution in [0.15, 0.2) is 29.2 Å². The minimum Gasteiger partial charge on any atom is -0.459 e. The van der Waals surface area contributed by atoms with E-state index >= 15 is 0 Å². The van der Waals surface area contributed by atoms with E-state index in [0.717, 1.165) is 15.6 Å². The Balaban J connectivity index is 1.65. The van der Waals surface area contributed by atoms with Gasteiger partial charge in [-0.2, -0.15) is 0 Å². The summed E-state index contributed by atoms with van der Waals surface area (Å²) in [7, 11) is -0.751. The number of hydrogen-bond donors (Lipinski definition) is 1. The Morgan fingerprint density at radius 1 is 1.25 bits per heavy atom. The summed E-state index contributed by atoms with van der Waals surface area (Å²) in [6.45, 7) is 5.55. The van der Waals surface area contributed by atoms with Gasteiger partial charge in [0.05, 0.1) is 4.90 Å². The number of nitrogens with one attached hydrogen (secondary N) is 1. The molecule has 32 heavy (non-hydrogen) atoms. The molecule has 1 aliphatic heterocycles. The summed E-state index contributed by atoms with van der Waals surface area (Å²) in [5.41, 5.74) is -0.597. The summed E-state index contributed by atoms with van der Waals surface area (Å²) in [4.78, 5) is 39.0. The monoisotopic (exact) mass is 465 g/mol. The zero-order chi connectivity index (χ0) is 23.9. The highest BCUT2D eigenvalue weighted by atomic mass is 32.2. The predicted molar refractivity (Wildman–Crippen MR) is 117 cm³/mol. The summed E-state index contributed by atoms with van der Waals surface area (Å²) in [6.07, 6.45) is 2.02. The molecule has 0 bridgehead atoms. The van der Waals surface area contributed by atoms with Crippen molar-refractivity contribution in [2.75, 3.05) is 20.6 Å². The molecular formula is C22H31N3O6S. The molecule has 2 unspecified atom stereocenters. The number of benzene rings is 1. The standard InChI is InChI=1S/C22H31N3O6S/c1-15-10-21(2,3)14-22(11-15)19(27)25(20(28)23-22)12-18(26)31-13-16-7-6-8-17(9-16)32(29,30)24(4)5/h6-9,15H,10-14H2,1-5H3,(H,23,28). The molecule has 2 aliphatic rings. The molecule has 1 spiro atoms. The van der Waals surface area contributed by atoms with Gasteiger partial charge in [-0.15, -0.1) is 0 Å². The summed E-state index contributed by atoms with van der Waals surface area (Å²) in [6, 6.07) is 5.50. The number of amides is 3. The molecule has 1 saturated heterocycles. The molecule has 1 aromatic carbocycles. The van der Waals surface area contributed by atoms with Crippen LogP contribution in [0.1, 0.15) is 45.6 Å². The van der Waals surface area contributed by atoms with Crippen LogP contribution in [0.4, 0.5) is 4.79 Å². The fourth-order valence-corrected chi connectivity index (χ4v) is 5.97. The third-order valence-electron chi connectivity index (χ3n) is 5.99. The Bertz CT molecular complexity index is 1040. The maximum absolute atomic E-state index is 13.1. The van der Waals surface area contributed by atoms with Gasteiger partial charge in [0.15, 0.2) is 0 Å². The highest BCUT2D eigenvalue weighted by Crippen LogP contribution is 2.46. The smallest absolute Gasteiger partial charge is 0.326 e. The molecule has 1 aliphatic carbocycles. The quantitative estimate of drug-likeness (QED) is 0.509. The Labute approximate surface area is 189 Å². The zero-order valence-corrected chi connectivity index (χ0v) is 20.0. The van der Waals surface area contributed by atoms with Crippen molar-refractivity contribution in [2.24, 2.45) is 11.3 Å². The Kier molecular flexibility index (Phi) is 6.41. The molecule has 3 amide bonds. The first-order valence-electron chi connectivity index (χ1n) is 10.6. The van der Waals surface area contributed by atoms with Gasteiger partial charge in [-0.25, -0.2) is 17.5 Å². The van der Waals surface area contributed by atoms with Gasteiger partial charge in [-0.1, -0.05) is 32.9 Å². The van der Waals surface area contributed by atoms with Crippen LogP contribution in [0.2, 0.25) is 0 Å². The van der Waals surface area contributed by atoms with Crippen LogP contribution in [-0.4, -0.2) is 61.7 Å². The van der Waals surface area contributed by atoms with Crippen molar-refractivity contribution in [3.8, 4) is 0 Å². The first-order valence-corrected chi connectivity index (χ1v) is 12.0. The minimum absolute atomic E-state index is 0.0844. The molecule has 176 valence electrons. The molecule has 0 aromatic heterocycles. The molecule has 2 atom stereocenters. The van der Waals surface area contributed by atoms with Gasteiger partial charge >= 0.3 is 12.0 Å². The molecule has 9 nitrogen and oxygen atoms in total. The average molecular weight is 466 g/mol. The lowest BCUT2D eigenvalue weighted by Crippen LogP contribution is -2.54. The van der Waals surface area contributed by atoms with Crippen LogP contribution in [0.3, 0.4) is 0 Å². The number of esters is 1. The second-order valence-corrected chi connectivity index (χ2v) is 12.0. The number of imide groups is 1. The van der Waals surface area contributed by atoms with Crippen LogP contribution < -0.4 is 5.32 Å². The van der Waals surface area contributed by atoms with Crippen molar-refractivity contribution in [1.29, 1.82) is 0 Å². The van der Waals surface area contributed by atoms with Crippen molar-refractivity contribution in [2.45, 2.75) is 57.1 Å². The zero-order valence-electron chi connectivity index (χ0n) is 19.2. The van der Waals surface area contributed by atoms with Crippen molar-refractivity contribution in [3.05, 3.63) is 29.8 Å². The topological polar surface area (TPSA) is 113 Å². The summed E-state index contributed by atoms with van der Waals surface area (Å²) < 4.78 is 30.9. The normalized spacial score (nSPS) is 25.3. The molecule has 1 N–H and O–H groups in total. The predicted octanol–water partition coefficient (Wildman–Crippen LogP) is 2.12. The van der Waals surface area contributed by atoms with Gasteiger partial charge in [0.1, 0.15) is 18.7 Å². The van der Waals surface area contributed by atoms with Gasteiger partial charge in [-0.05, 0) is 48.3 Å². The lowest BCUT2D eigenvalue weighted by Gasteiger charge is -2.43. The van der Waals surface area contributed by atoms with Crippen LogP contribution >= 0.6 is 0 Å². The minimum atomic E-state index is -3.61. The Hall–Kier alpha value is -2.46. The van der Waals surface area contributed by atoms with Crippen molar-refractivity contribution >= 4 is 27.9 Å². The van der Waals surface area contributed by atoms with Gasteiger partial charge in [0.2, 0.25) is 10.0 Å². The second kappa shape index (κ2) is 8.47. The van der Waals surface area contributed by atoms with Gasteiger partial charge < -0.3 is 10.1 Å². The van der Waals surface area contributed by atoms with Crippen LogP contribution in [-0.2, 0) is 31.0 Å². The second-order valence-electron chi connectivity index (χ2n) is 9.85. The third-order valence-corrected chi connectivity index (χ3v) is 7.80. The number of rotatable bonds is 6. The Morgan fingerprint density at radius 3 is 2.56 bits per heavy atom. The van der Waals surface area contributed by atoms with E-state index in [-0.39, 0.29) is 22.8 Å². The number of carbonyl (C=O) groups excluding carboxylic acids is 3. The molecule has 0 radical (unpaired) electrons. The number of sulfonamides is 1. The van der Waals surface area contributed by atoms with Crippen molar-refractivity contribution in [1.82, 2.24) is 14.5 Å². The molecule has 10 heteroatoms. The largest absolute Gasteiger partial charge is 0.459 e. The highest BCUT2D eigenvalue weighted by Gasteiger charge is 2.56. The maximum Gasteiger partial charge on any atom is 0.326 e. The van der Waals surface area contributed by atoms with E-state index < -0.39 is 40.0 Å². The number of carbonyl (C=O) groups is 3. The van der Waals surface area contributed by atoms with E-state index in [2.05, 4.69) is 26.1 Å². The lowest BCUT2D eigenvalue weighted by atomic mass is 9.64. The third kappa shape index (κ3) is 4.80. The van der Waals surface area contributed by atoms with E-state index in [0.29, 0.717) is 18.4 Å². The molecule has 1 heterocycles. The van der Waals surface area contributed by atoms with Gasteiger partial charge in [-0.3, -0.25) is 14.5 Å². The number of nitrogens with zero attached hydrogens (tertiary/aromatic N) is 2. The first kappa shape index (κ1) is 24.2. The molecule has 2 fully saturated rings. The maximum atomic E-state index is 13.1. The summed E-state index contributed by atoms with van der Waals surface area (Å²) in [5.74, 6) is -0.867. The SMILES string of the molecule is CC1CC(C)(C)CC2(C1)NC(=O)N(CC(=O)OCc1cccc(S(=O)(=O)N(C)C)c1)C2=O. The highest BCUT2D eigenvalue weighted by molar-refractivity contribution is 7.89. The van der Waals surface area contributed by atoms with Crippen LogP contribution in [0.5, 0.6) is 0 Å². The van der Waals surface area contributed by atoms with E-state index in [9.17, 15) is 22.8 Å². The average Bonchev–Trinajstić information content (AvgIpc) is 2.88. The van der Waals surface area contributed by atoms with Gasteiger partial charge in [0, 0.05) is 14.1 Å². The summed E-state index contributed by atoms with van der Waals surface area (Å²) in [5, 5.41) is 2.83. The lowest BCUT2D eigenvalue weighted by molar-refractivity contribution is -0.149. The number of ether oxygens (including phenoxy) is 1. The fourth-order valence-electron chi connectivity index (χ4n) is 4.99. The van der Waals surface area contributed by atoms with Crippen molar-refractivity contribution in [3.63, 3.8) is 0 Å². The number of urea groups is 1. The molecule has 3 rings (SSSR count). The van der Waals surface area contributed by atoms with E-state index in [1.54, 1.807) is 12.1 Å². The van der Waals surface area contributed by atoms with E-state index in [1.165, 1.54) is 26.2 Å². The first-order chi connectivity index (χ1) is 14.8. The van der Waals surface area contributed by atoms with E-state index in [1.807, 2.05) is 0 Å². The number of hydrogen-bond acceptors (Lipinski definition) is 6. The molecular weight excluding hydrogens is 434 g/mol. The van der Waals surface area contributed by atoms with Gasteiger partial charge in [0.25, 0.3) is 5.91 Å². The van der Waals surface area contributed by atoms with Crippen LogP contribution in [0.25, 0.3) is 0 Å². The molecule has 1 saturated carbocycles. The van der Waals surface area contributed by atoms with E-state index in [4.69, 9.17) is 4.74 Å². The Morgan fingerprint density at radius 2 is 1.94 bits per heavy atom. The van der Waals surface area contributed by atoms with Crippen molar-refractivity contribution < 1.29 is 27.5 Å². The van der Waals surface area contributed by atoms with Crippen LogP contribution in [0, 0.1) is 11.3 Å². The fraction of sp³-hybridized carbons (Fsp3) is 0.591. The molecule has 1 aromatic rings.